The number of ether oxygens (including phenoxy) is 1. The predicted octanol–water partition coefficient (Wildman–Crippen LogP) is 4.14. The second-order valence-electron chi connectivity index (χ2n) is 7.98. The van der Waals surface area contributed by atoms with Gasteiger partial charge in [0, 0.05) is 22.9 Å². The number of esters is 1. The highest BCUT2D eigenvalue weighted by Gasteiger charge is 2.54. The molecule has 0 amide bonds. The SMILES string of the molecule is CCOC(=O)CC(B1OC(C)(C)C(C)(C)O1)c1c[nH]c2cccc(C)c12. The Labute approximate surface area is 155 Å². The number of H-pyrrole nitrogens is 1. The lowest BCUT2D eigenvalue weighted by Crippen LogP contribution is -2.41. The molecule has 0 aliphatic carbocycles. The summed E-state index contributed by atoms with van der Waals surface area (Å²) in [7, 11) is -0.511. The third-order valence-electron chi connectivity index (χ3n) is 5.64. The Morgan fingerprint density at radius 2 is 1.88 bits per heavy atom. The van der Waals surface area contributed by atoms with E-state index in [9.17, 15) is 4.79 Å². The molecule has 2 aromatic rings. The van der Waals surface area contributed by atoms with Crippen LogP contribution in [0, 0.1) is 6.92 Å². The van der Waals surface area contributed by atoms with Gasteiger partial charge in [-0.15, -0.1) is 0 Å². The molecule has 0 spiro atoms. The smallest absolute Gasteiger partial charge is 0.466 e. The number of nitrogens with one attached hydrogen (secondary N) is 1. The number of aryl methyl sites for hydroxylation is 1. The van der Waals surface area contributed by atoms with Crippen molar-refractivity contribution in [2.24, 2.45) is 0 Å². The van der Waals surface area contributed by atoms with E-state index in [0.29, 0.717) is 6.61 Å². The number of rotatable bonds is 5. The number of hydrogen-bond acceptors (Lipinski definition) is 4. The van der Waals surface area contributed by atoms with Crippen LogP contribution in [0.4, 0.5) is 0 Å². The molecule has 0 radical (unpaired) electrons. The lowest BCUT2D eigenvalue weighted by molar-refractivity contribution is -0.143. The lowest BCUT2D eigenvalue weighted by Gasteiger charge is -2.32. The fourth-order valence-electron chi connectivity index (χ4n) is 3.50. The van der Waals surface area contributed by atoms with Gasteiger partial charge in [-0.1, -0.05) is 12.1 Å². The summed E-state index contributed by atoms with van der Waals surface area (Å²) in [6, 6.07) is 6.13. The quantitative estimate of drug-likeness (QED) is 0.645. The number of benzene rings is 1. The molecular formula is C20H28BNO4. The van der Waals surface area contributed by atoms with Crippen molar-refractivity contribution in [1.29, 1.82) is 0 Å². The second kappa shape index (κ2) is 6.74. The molecule has 26 heavy (non-hydrogen) atoms. The summed E-state index contributed by atoms with van der Waals surface area (Å²) < 4.78 is 17.8. The number of aromatic amines is 1. The summed E-state index contributed by atoms with van der Waals surface area (Å²) in [5, 5.41) is 1.12. The zero-order valence-electron chi connectivity index (χ0n) is 16.5. The molecule has 0 saturated carbocycles. The molecule has 1 aliphatic heterocycles. The van der Waals surface area contributed by atoms with Gasteiger partial charge < -0.3 is 19.0 Å². The van der Waals surface area contributed by atoms with Crippen LogP contribution in [0.3, 0.4) is 0 Å². The third-order valence-corrected chi connectivity index (χ3v) is 5.64. The highest BCUT2D eigenvalue weighted by Crippen LogP contribution is 2.43. The van der Waals surface area contributed by atoms with Crippen molar-refractivity contribution in [3.8, 4) is 0 Å². The van der Waals surface area contributed by atoms with Crippen LogP contribution in [0.5, 0.6) is 0 Å². The minimum atomic E-state index is -0.511. The van der Waals surface area contributed by atoms with E-state index in [0.717, 1.165) is 22.0 Å². The molecule has 1 saturated heterocycles. The normalized spacial score (nSPS) is 19.7. The van der Waals surface area contributed by atoms with Gasteiger partial charge in [-0.3, -0.25) is 4.79 Å². The number of aromatic nitrogens is 1. The second-order valence-corrected chi connectivity index (χ2v) is 7.98. The highest BCUT2D eigenvalue weighted by atomic mass is 16.7. The molecule has 1 N–H and O–H groups in total. The topological polar surface area (TPSA) is 60.6 Å². The predicted molar refractivity (Wildman–Crippen MR) is 103 cm³/mol. The first-order chi connectivity index (χ1) is 12.2. The maximum absolute atomic E-state index is 12.3. The Kier molecular flexibility index (Phi) is 4.93. The van der Waals surface area contributed by atoms with Crippen LogP contribution >= 0.6 is 0 Å². The molecule has 1 unspecified atom stereocenters. The minimum absolute atomic E-state index is 0.214. The zero-order chi connectivity index (χ0) is 19.1. The van der Waals surface area contributed by atoms with Crippen molar-refractivity contribution in [3.05, 3.63) is 35.5 Å². The molecule has 3 rings (SSSR count). The van der Waals surface area contributed by atoms with E-state index < -0.39 is 18.3 Å². The molecule has 2 heterocycles. The first-order valence-corrected chi connectivity index (χ1v) is 9.24. The van der Waals surface area contributed by atoms with Gasteiger partial charge in [-0.25, -0.2) is 0 Å². The highest BCUT2D eigenvalue weighted by molar-refractivity contribution is 6.48. The fourth-order valence-corrected chi connectivity index (χ4v) is 3.50. The molecular weight excluding hydrogens is 329 g/mol. The van der Waals surface area contributed by atoms with Crippen molar-refractivity contribution in [2.75, 3.05) is 6.61 Å². The van der Waals surface area contributed by atoms with Gasteiger partial charge in [0.25, 0.3) is 0 Å². The average molecular weight is 357 g/mol. The summed E-state index contributed by atoms with van der Waals surface area (Å²) >= 11 is 0. The fraction of sp³-hybridized carbons (Fsp3) is 0.550. The van der Waals surface area contributed by atoms with Crippen molar-refractivity contribution in [2.45, 2.75) is 65.0 Å². The molecule has 1 aliphatic rings. The van der Waals surface area contributed by atoms with E-state index in [4.69, 9.17) is 14.0 Å². The zero-order valence-corrected chi connectivity index (χ0v) is 16.5. The van der Waals surface area contributed by atoms with Crippen molar-refractivity contribution in [3.63, 3.8) is 0 Å². The van der Waals surface area contributed by atoms with Gasteiger partial charge in [0.05, 0.1) is 24.2 Å². The number of fused-ring (bicyclic) bond motifs is 1. The Bertz CT molecular complexity index is 795. The Hall–Kier alpha value is -1.79. The molecule has 6 heteroatoms. The summed E-state index contributed by atoms with van der Waals surface area (Å²) in [4.78, 5) is 15.6. The maximum Gasteiger partial charge on any atom is 0.466 e. The van der Waals surface area contributed by atoms with Gasteiger partial charge in [0.2, 0.25) is 0 Å². The largest absolute Gasteiger partial charge is 0.466 e. The molecule has 1 aromatic carbocycles. The van der Waals surface area contributed by atoms with Gasteiger partial charge in [0.1, 0.15) is 0 Å². The molecule has 1 aromatic heterocycles. The van der Waals surface area contributed by atoms with E-state index in [1.807, 2.05) is 52.9 Å². The third kappa shape index (κ3) is 3.28. The van der Waals surface area contributed by atoms with E-state index >= 15 is 0 Å². The van der Waals surface area contributed by atoms with Crippen LogP contribution < -0.4 is 0 Å². The average Bonchev–Trinajstić information content (AvgIpc) is 3.05. The summed E-state index contributed by atoms with van der Waals surface area (Å²) in [5.74, 6) is -0.486. The summed E-state index contributed by atoms with van der Waals surface area (Å²) in [6.45, 7) is 12.3. The monoisotopic (exact) mass is 357 g/mol. The van der Waals surface area contributed by atoms with Crippen LogP contribution in [-0.4, -0.2) is 35.9 Å². The summed E-state index contributed by atoms with van der Waals surface area (Å²) in [5.41, 5.74) is 2.33. The molecule has 0 bridgehead atoms. The molecule has 1 atom stereocenters. The first-order valence-electron chi connectivity index (χ1n) is 9.24. The van der Waals surface area contributed by atoms with Crippen LogP contribution in [0.25, 0.3) is 10.9 Å². The lowest BCUT2D eigenvalue weighted by atomic mass is 9.66. The van der Waals surface area contributed by atoms with E-state index in [-0.39, 0.29) is 18.2 Å². The Morgan fingerprint density at radius 3 is 2.50 bits per heavy atom. The maximum atomic E-state index is 12.3. The number of carbonyl (C=O) groups excluding carboxylic acids is 1. The molecule has 5 nitrogen and oxygen atoms in total. The first kappa shape index (κ1) is 19.0. The van der Waals surface area contributed by atoms with Crippen LogP contribution in [-0.2, 0) is 18.8 Å². The minimum Gasteiger partial charge on any atom is -0.466 e. The summed E-state index contributed by atoms with van der Waals surface area (Å²) in [6.07, 6.45) is 2.18. The van der Waals surface area contributed by atoms with Gasteiger partial charge in [-0.2, -0.15) is 0 Å². The van der Waals surface area contributed by atoms with Gasteiger partial charge in [0.15, 0.2) is 0 Å². The van der Waals surface area contributed by atoms with E-state index in [1.165, 1.54) is 0 Å². The van der Waals surface area contributed by atoms with Gasteiger partial charge in [-0.05, 0) is 58.7 Å². The van der Waals surface area contributed by atoms with Crippen molar-refractivity contribution in [1.82, 2.24) is 4.98 Å². The van der Waals surface area contributed by atoms with Crippen molar-refractivity contribution >= 4 is 24.0 Å². The van der Waals surface area contributed by atoms with Crippen molar-refractivity contribution < 1.29 is 18.8 Å². The van der Waals surface area contributed by atoms with Crippen LogP contribution in [0.2, 0.25) is 0 Å². The van der Waals surface area contributed by atoms with E-state index in [2.05, 4.69) is 18.0 Å². The molecule has 140 valence electrons. The van der Waals surface area contributed by atoms with E-state index in [1.54, 1.807) is 0 Å². The van der Waals surface area contributed by atoms with Crippen LogP contribution in [0.15, 0.2) is 24.4 Å². The van der Waals surface area contributed by atoms with Gasteiger partial charge >= 0.3 is 13.1 Å². The Morgan fingerprint density at radius 1 is 1.23 bits per heavy atom. The standard InChI is InChI=1S/C20H28BNO4/c1-7-24-17(23)11-15(21-25-19(3,4)20(5,6)26-21)14-12-22-16-10-8-9-13(2)18(14)16/h8-10,12,15,22H,7,11H2,1-6H3. The number of carbonyl (C=O) groups is 1. The molecule has 1 fully saturated rings. The number of hydrogen-bond donors (Lipinski definition) is 1. The van der Waals surface area contributed by atoms with Crippen LogP contribution in [0.1, 0.15) is 58.0 Å². The Balaban J connectivity index is 2.03.